The van der Waals surface area contributed by atoms with Gasteiger partial charge in [0.05, 0.1) is 0 Å². The maximum absolute atomic E-state index is 12.1. The average molecular weight is 299 g/mol. The van der Waals surface area contributed by atoms with Crippen molar-refractivity contribution in [3.8, 4) is 5.75 Å². The van der Waals surface area contributed by atoms with Crippen molar-refractivity contribution in [2.24, 2.45) is 0 Å². The van der Waals surface area contributed by atoms with E-state index in [0.717, 1.165) is 19.4 Å². The molecule has 0 radical (unpaired) electrons. The molecule has 4 nitrogen and oxygen atoms in total. The number of imidazole rings is 1. The summed E-state index contributed by atoms with van der Waals surface area (Å²) in [6.45, 7) is 2.94. The second-order valence-corrected chi connectivity index (χ2v) is 4.49. The number of alkyl halides is 3. The first-order valence-corrected chi connectivity index (χ1v) is 6.62. The van der Waals surface area contributed by atoms with Gasteiger partial charge in [0.25, 0.3) is 0 Å². The molecule has 0 spiro atoms. The fraction of sp³-hybridized carbons (Fsp3) is 0.357. The lowest BCUT2D eigenvalue weighted by atomic mass is 10.3. The van der Waals surface area contributed by atoms with Gasteiger partial charge in [0.15, 0.2) is 0 Å². The van der Waals surface area contributed by atoms with Crippen LogP contribution in [0.15, 0.2) is 36.7 Å². The average Bonchev–Trinajstić information content (AvgIpc) is 2.84. The van der Waals surface area contributed by atoms with E-state index in [1.165, 1.54) is 24.3 Å². The molecule has 7 heteroatoms. The molecule has 21 heavy (non-hydrogen) atoms. The number of hydrogen-bond acceptors (Lipinski definition) is 3. The highest BCUT2D eigenvalue weighted by molar-refractivity contribution is 5.54. The van der Waals surface area contributed by atoms with E-state index < -0.39 is 6.36 Å². The molecule has 0 amide bonds. The number of nitrogens with one attached hydrogen (secondary N) is 1. The van der Waals surface area contributed by atoms with Crippen molar-refractivity contribution in [2.45, 2.75) is 32.7 Å². The van der Waals surface area contributed by atoms with Gasteiger partial charge >= 0.3 is 6.36 Å². The van der Waals surface area contributed by atoms with Gasteiger partial charge in [-0.15, -0.1) is 13.2 Å². The van der Waals surface area contributed by atoms with Crippen LogP contribution in [0.25, 0.3) is 0 Å². The first-order chi connectivity index (χ1) is 9.98. The van der Waals surface area contributed by atoms with E-state index in [2.05, 4.69) is 22.0 Å². The fourth-order valence-corrected chi connectivity index (χ4v) is 1.81. The van der Waals surface area contributed by atoms with Gasteiger partial charge in [0.1, 0.15) is 5.75 Å². The zero-order valence-corrected chi connectivity index (χ0v) is 11.5. The van der Waals surface area contributed by atoms with Crippen molar-refractivity contribution >= 4 is 11.6 Å². The molecule has 114 valence electrons. The first-order valence-electron chi connectivity index (χ1n) is 6.62. The van der Waals surface area contributed by atoms with Gasteiger partial charge in [0, 0.05) is 24.6 Å². The van der Waals surface area contributed by atoms with Crippen LogP contribution in [0, 0.1) is 0 Å². The molecule has 1 heterocycles. The van der Waals surface area contributed by atoms with Crippen LogP contribution in [-0.2, 0) is 6.54 Å². The SMILES string of the molecule is CCCCn1ccnc1Nc1ccc(OC(F)(F)F)cc1. The number of aryl methyl sites for hydroxylation is 1. The third-order valence-electron chi connectivity index (χ3n) is 2.81. The van der Waals surface area contributed by atoms with Crippen molar-refractivity contribution in [2.75, 3.05) is 5.32 Å². The molecule has 1 N–H and O–H groups in total. The van der Waals surface area contributed by atoms with Crippen LogP contribution in [0.4, 0.5) is 24.8 Å². The van der Waals surface area contributed by atoms with Crippen molar-refractivity contribution in [3.63, 3.8) is 0 Å². The highest BCUT2D eigenvalue weighted by Gasteiger charge is 2.30. The Morgan fingerprint density at radius 1 is 1.24 bits per heavy atom. The molecule has 2 aromatic rings. The van der Waals surface area contributed by atoms with Crippen LogP contribution in [0.5, 0.6) is 5.75 Å². The summed E-state index contributed by atoms with van der Waals surface area (Å²) in [4.78, 5) is 4.19. The van der Waals surface area contributed by atoms with Crippen molar-refractivity contribution in [3.05, 3.63) is 36.7 Å². The molecule has 0 aliphatic carbocycles. The Balaban J connectivity index is 2.02. The van der Waals surface area contributed by atoms with Gasteiger partial charge < -0.3 is 14.6 Å². The molecular formula is C14H16F3N3O. The fourth-order valence-electron chi connectivity index (χ4n) is 1.81. The minimum Gasteiger partial charge on any atom is -0.406 e. The van der Waals surface area contributed by atoms with E-state index >= 15 is 0 Å². The second-order valence-electron chi connectivity index (χ2n) is 4.49. The molecular weight excluding hydrogens is 283 g/mol. The number of anilines is 2. The van der Waals surface area contributed by atoms with E-state index in [4.69, 9.17) is 0 Å². The number of aromatic nitrogens is 2. The van der Waals surface area contributed by atoms with Gasteiger partial charge in [-0.2, -0.15) is 0 Å². The van der Waals surface area contributed by atoms with Gasteiger partial charge in [-0.3, -0.25) is 0 Å². The molecule has 1 aromatic carbocycles. The van der Waals surface area contributed by atoms with E-state index in [1.54, 1.807) is 6.20 Å². The molecule has 1 aromatic heterocycles. The summed E-state index contributed by atoms with van der Waals surface area (Å²) in [6, 6.07) is 5.55. The zero-order chi connectivity index (χ0) is 15.3. The van der Waals surface area contributed by atoms with Gasteiger partial charge in [-0.05, 0) is 30.7 Å². The van der Waals surface area contributed by atoms with Gasteiger partial charge in [-0.25, -0.2) is 4.98 Å². The Morgan fingerprint density at radius 3 is 2.57 bits per heavy atom. The highest BCUT2D eigenvalue weighted by atomic mass is 19.4. The summed E-state index contributed by atoms with van der Waals surface area (Å²) in [6.07, 6.45) is 0.966. The Labute approximate surface area is 120 Å². The summed E-state index contributed by atoms with van der Waals surface area (Å²) in [5, 5.41) is 3.07. The number of ether oxygens (including phenoxy) is 1. The molecule has 0 atom stereocenters. The number of benzene rings is 1. The number of halogens is 3. The van der Waals surface area contributed by atoms with E-state index in [-0.39, 0.29) is 5.75 Å². The predicted molar refractivity (Wildman–Crippen MR) is 73.5 cm³/mol. The highest BCUT2D eigenvalue weighted by Crippen LogP contribution is 2.25. The van der Waals surface area contributed by atoms with E-state index in [0.29, 0.717) is 11.6 Å². The van der Waals surface area contributed by atoms with Gasteiger partial charge in [0.2, 0.25) is 5.95 Å². The molecule has 0 saturated carbocycles. The Hall–Kier alpha value is -2.18. The molecule has 0 bridgehead atoms. The number of hydrogen-bond donors (Lipinski definition) is 1. The second kappa shape index (κ2) is 6.51. The molecule has 0 aliphatic heterocycles. The van der Waals surface area contributed by atoms with Crippen molar-refractivity contribution in [1.82, 2.24) is 9.55 Å². The van der Waals surface area contributed by atoms with Crippen LogP contribution in [0.2, 0.25) is 0 Å². The Bertz CT molecular complexity index is 564. The summed E-state index contributed by atoms with van der Waals surface area (Å²) in [5.74, 6) is 0.412. The lowest BCUT2D eigenvalue weighted by Gasteiger charge is -2.11. The standard InChI is InChI=1S/C14H16F3N3O/c1-2-3-9-20-10-8-18-13(20)19-11-4-6-12(7-5-11)21-14(15,16)17/h4-8,10H,2-3,9H2,1H3,(H,18,19). The number of unbranched alkanes of at least 4 members (excludes halogenated alkanes) is 1. The minimum atomic E-state index is -4.68. The molecule has 0 saturated heterocycles. The summed E-state index contributed by atoms with van der Waals surface area (Å²) in [5.41, 5.74) is 0.647. The third-order valence-corrected chi connectivity index (χ3v) is 2.81. The molecule has 0 fully saturated rings. The molecule has 2 rings (SSSR count). The minimum absolute atomic E-state index is 0.248. The van der Waals surface area contributed by atoms with Crippen LogP contribution in [0.1, 0.15) is 19.8 Å². The van der Waals surface area contributed by atoms with E-state index in [1.807, 2.05) is 10.8 Å². The van der Waals surface area contributed by atoms with Crippen molar-refractivity contribution < 1.29 is 17.9 Å². The lowest BCUT2D eigenvalue weighted by Crippen LogP contribution is -2.17. The predicted octanol–water partition coefficient (Wildman–Crippen LogP) is 4.33. The van der Waals surface area contributed by atoms with Gasteiger partial charge in [-0.1, -0.05) is 13.3 Å². The summed E-state index contributed by atoms with van der Waals surface area (Å²) in [7, 11) is 0. The molecule has 0 aliphatic rings. The summed E-state index contributed by atoms with van der Waals surface area (Å²) < 4.78 is 42.0. The van der Waals surface area contributed by atoms with Crippen molar-refractivity contribution in [1.29, 1.82) is 0 Å². The van der Waals surface area contributed by atoms with E-state index in [9.17, 15) is 13.2 Å². The number of nitrogens with zero attached hydrogens (tertiary/aromatic N) is 2. The Morgan fingerprint density at radius 2 is 1.95 bits per heavy atom. The maximum atomic E-state index is 12.1. The van der Waals surface area contributed by atoms with Crippen LogP contribution < -0.4 is 10.1 Å². The normalized spacial score (nSPS) is 11.4. The van der Waals surface area contributed by atoms with Crippen LogP contribution in [0.3, 0.4) is 0 Å². The Kier molecular flexibility index (Phi) is 4.72. The van der Waals surface area contributed by atoms with Crippen LogP contribution in [-0.4, -0.2) is 15.9 Å². The monoisotopic (exact) mass is 299 g/mol. The molecule has 0 unspecified atom stereocenters. The lowest BCUT2D eigenvalue weighted by molar-refractivity contribution is -0.274. The topological polar surface area (TPSA) is 39.1 Å². The maximum Gasteiger partial charge on any atom is 0.573 e. The zero-order valence-electron chi connectivity index (χ0n) is 11.5. The number of rotatable bonds is 6. The smallest absolute Gasteiger partial charge is 0.406 e. The quantitative estimate of drug-likeness (QED) is 0.863. The largest absolute Gasteiger partial charge is 0.573 e. The third kappa shape index (κ3) is 4.70. The first kappa shape index (κ1) is 15.2. The summed E-state index contributed by atoms with van der Waals surface area (Å²) >= 11 is 0. The van der Waals surface area contributed by atoms with Crippen LogP contribution >= 0.6 is 0 Å².